The molecule has 4 heteroatoms. The van der Waals surface area contributed by atoms with E-state index in [1.165, 1.54) is 12.8 Å². The number of carbonyl (C=O) groups is 1. The van der Waals surface area contributed by atoms with Crippen LogP contribution in [0.2, 0.25) is 0 Å². The first-order chi connectivity index (χ1) is 7.98. The van der Waals surface area contributed by atoms with E-state index in [-0.39, 0.29) is 12.0 Å². The Morgan fingerprint density at radius 3 is 2.47 bits per heavy atom. The summed E-state index contributed by atoms with van der Waals surface area (Å²) < 4.78 is 5.05. The van der Waals surface area contributed by atoms with Gasteiger partial charge in [-0.2, -0.15) is 0 Å². The summed E-state index contributed by atoms with van der Waals surface area (Å²) in [5.74, 6) is -0.139. The molecule has 0 spiro atoms. The summed E-state index contributed by atoms with van der Waals surface area (Å²) in [5, 5.41) is 3.04. The van der Waals surface area contributed by atoms with Crippen LogP contribution in [0.5, 0.6) is 0 Å². The van der Waals surface area contributed by atoms with Crippen molar-refractivity contribution in [3.8, 4) is 0 Å². The van der Waals surface area contributed by atoms with Gasteiger partial charge in [0.1, 0.15) is 6.04 Å². The second-order valence-corrected chi connectivity index (χ2v) is 5.56. The highest BCUT2D eigenvalue weighted by Gasteiger charge is 2.28. The van der Waals surface area contributed by atoms with Gasteiger partial charge in [0.15, 0.2) is 0 Å². The molecule has 1 N–H and O–H groups in total. The molecular weight excluding hydrogens is 216 g/mol. The van der Waals surface area contributed by atoms with Crippen LogP contribution in [0.15, 0.2) is 0 Å². The third-order valence-electron chi connectivity index (χ3n) is 3.57. The normalized spacial score (nSPS) is 22.1. The van der Waals surface area contributed by atoms with Crippen molar-refractivity contribution in [2.45, 2.75) is 39.7 Å². The van der Waals surface area contributed by atoms with E-state index in [1.807, 2.05) is 14.0 Å². The van der Waals surface area contributed by atoms with Gasteiger partial charge in [-0.05, 0) is 45.3 Å². The number of rotatable bonds is 5. The Kier molecular flexibility index (Phi) is 5.40. The fourth-order valence-electron chi connectivity index (χ4n) is 2.13. The number of carbonyl (C=O) groups excluding carboxylic acids is 1. The van der Waals surface area contributed by atoms with Crippen molar-refractivity contribution < 1.29 is 9.53 Å². The van der Waals surface area contributed by atoms with Crippen LogP contribution in [0, 0.1) is 5.41 Å². The number of piperidine rings is 1. The molecular formula is C13H26N2O2. The monoisotopic (exact) mass is 242 g/mol. The second-order valence-electron chi connectivity index (χ2n) is 5.56. The lowest BCUT2D eigenvalue weighted by Gasteiger charge is -2.37. The van der Waals surface area contributed by atoms with Crippen LogP contribution >= 0.6 is 0 Å². The Morgan fingerprint density at radius 2 is 2.00 bits per heavy atom. The molecule has 17 heavy (non-hydrogen) atoms. The predicted octanol–water partition coefficient (Wildman–Crippen LogP) is 1.26. The molecule has 4 nitrogen and oxygen atoms in total. The molecule has 0 bridgehead atoms. The molecule has 1 saturated heterocycles. The van der Waals surface area contributed by atoms with Crippen LogP contribution < -0.4 is 5.32 Å². The molecule has 1 aliphatic rings. The number of likely N-dealkylation sites (N-methyl/N-ethyl adjacent to an activating group) is 1. The van der Waals surface area contributed by atoms with Crippen molar-refractivity contribution in [2.24, 2.45) is 5.41 Å². The fraction of sp³-hybridized carbons (Fsp3) is 0.923. The van der Waals surface area contributed by atoms with Crippen molar-refractivity contribution in [1.29, 1.82) is 0 Å². The number of esters is 1. The first-order valence-electron chi connectivity index (χ1n) is 6.55. The maximum atomic E-state index is 11.7. The minimum atomic E-state index is -0.198. The minimum Gasteiger partial charge on any atom is -0.465 e. The van der Waals surface area contributed by atoms with E-state index in [0.717, 1.165) is 19.6 Å². The van der Waals surface area contributed by atoms with Crippen LogP contribution in [0.1, 0.15) is 33.6 Å². The van der Waals surface area contributed by atoms with E-state index in [1.54, 1.807) is 0 Å². The first-order valence-corrected chi connectivity index (χ1v) is 6.55. The lowest BCUT2D eigenvalue weighted by molar-refractivity contribution is -0.146. The smallest absolute Gasteiger partial charge is 0.324 e. The first kappa shape index (κ1) is 14.5. The molecule has 1 unspecified atom stereocenters. The molecule has 1 heterocycles. The Balaban J connectivity index is 2.39. The summed E-state index contributed by atoms with van der Waals surface area (Å²) in [7, 11) is 1.81. The highest BCUT2D eigenvalue weighted by atomic mass is 16.5. The zero-order chi connectivity index (χ0) is 12.9. The number of nitrogens with one attached hydrogen (secondary N) is 1. The molecule has 0 aromatic carbocycles. The van der Waals surface area contributed by atoms with Gasteiger partial charge in [-0.15, -0.1) is 0 Å². The molecule has 1 fully saturated rings. The van der Waals surface area contributed by atoms with Crippen LogP contribution in [0.4, 0.5) is 0 Å². The van der Waals surface area contributed by atoms with Gasteiger partial charge in [0.25, 0.3) is 0 Å². The van der Waals surface area contributed by atoms with Crippen LogP contribution in [-0.4, -0.2) is 50.2 Å². The lowest BCUT2D eigenvalue weighted by atomic mass is 9.82. The minimum absolute atomic E-state index is 0.139. The molecule has 0 saturated carbocycles. The largest absolute Gasteiger partial charge is 0.465 e. The standard InChI is InChI=1S/C13H26N2O2/c1-5-17-12(16)11(14-4)10-15-8-6-13(2,3)7-9-15/h11,14H,5-10H2,1-4H3. The Hall–Kier alpha value is -0.610. The highest BCUT2D eigenvalue weighted by molar-refractivity contribution is 5.76. The molecule has 1 rings (SSSR count). The zero-order valence-electron chi connectivity index (χ0n) is 11.6. The van der Waals surface area contributed by atoms with E-state index in [9.17, 15) is 4.79 Å². The van der Waals surface area contributed by atoms with E-state index in [0.29, 0.717) is 12.0 Å². The molecule has 0 amide bonds. The van der Waals surface area contributed by atoms with Gasteiger partial charge in [-0.25, -0.2) is 0 Å². The fourth-order valence-corrected chi connectivity index (χ4v) is 2.13. The third-order valence-corrected chi connectivity index (χ3v) is 3.57. The average Bonchev–Trinajstić information content (AvgIpc) is 2.28. The van der Waals surface area contributed by atoms with E-state index in [2.05, 4.69) is 24.1 Å². The van der Waals surface area contributed by atoms with Crippen LogP contribution in [0.3, 0.4) is 0 Å². The Bertz CT molecular complexity index is 244. The van der Waals surface area contributed by atoms with Crippen molar-refractivity contribution in [3.63, 3.8) is 0 Å². The zero-order valence-corrected chi connectivity index (χ0v) is 11.6. The Morgan fingerprint density at radius 1 is 1.41 bits per heavy atom. The number of hydrogen-bond donors (Lipinski definition) is 1. The maximum absolute atomic E-state index is 11.7. The van der Waals surface area contributed by atoms with Gasteiger partial charge in [0.2, 0.25) is 0 Å². The molecule has 1 atom stereocenters. The van der Waals surface area contributed by atoms with Gasteiger partial charge in [-0.3, -0.25) is 4.79 Å². The Labute approximate surface area is 105 Å². The number of nitrogens with zero attached hydrogens (tertiary/aromatic N) is 1. The van der Waals surface area contributed by atoms with Gasteiger partial charge < -0.3 is 15.0 Å². The van der Waals surface area contributed by atoms with Crippen molar-refractivity contribution in [2.75, 3.05) is 33.3 Å². The molecule has 100 valence electrons. The number of hydrogen-bond acceptors (Lipinski definition) is 4. The summed E-state index contributed by atoms with van der Waals surface area (Å²) in [6.45, 7) is 9.81. The number of ether oxygens (including phenoxy) is 1. The highest BCUT2D eigenvalue weighted by Crippen LogP contribution is 2.29. The van der Waals surface area contributed by atoms with Gasteiger partial charge in [0, 0.05) is 6.54 Å². The van der Waals surface area contributed by atoms with Crippen molar-refractivity contribution in [3.05, 3.63) is 0 Å². The quantitative estimate of drug-likeness (QED) is 0.737. The molecule has 0 aliphatic carbocycles. The van der Waals surface area contributed by atoms with E-state index < -0.39 is 0 Å². The summed E-state index contributed by atoms with van der Waals surface area (Å²) in [6.07, 6.45) is 2.40. The molecule has 0 aromatic heterocycles. The molecule has 1 aliphatic heterocycles. The third kappa shape index (κ3) is 4.64. The van der Waals surface area contributed by atoms with Gasteiger partial charge >= 0.3 is 5.97 Å². The van der Waals surface area contributed by atoms with Crippen molar-refractivity contribution in [1.82, 2.24) is 10.2 Å². The maximum Gasteiger partial charge on any atom is 0.324 e. The van der Waals surface area contributed by atoms with E-state index >= 15 is 0 Å². The van der Waals surface area contributed by atoms with E-state index in [4.69, 9.17) is 4.74 Å². The summed E-state index contributed by atoms with van der Waals surface area (Å²) in [5.41, 5.74) is 0.454. The molecule has 0 aromatic rings. The number of likely N-dealkylation sites (tertiary alicyclic amines) is 1. The van der Waals surface area contributed by atoms with Crippen LogP contribution in [0.25, 0.3) is 0 Å². The van der Waals surface area contributed by atoms with Crippen LogP contribution in [-0.2, 0) is 9.53 Å². The van der Waals surface area contributed by atoms with Gasteiger partial charge in [-0.1, -0.05) is 13.8 Å². The van der Waals surface area contributed by atoms with Gasteiger partial charge in [0.05, 0.1) is 6.61 Å². The SMILES string of the molecule is CCOC(=O)C(CN1CCC(C)(C)CC1)NC. The topological polar surface area (TPSA) is 41.6 Å². The molecule has 0 radical (unpaired) electrons. The second kappa shape index (κ2) is 6.36. The summed E-state index contributed by atoms with van der Waals surface area (Å²) >= 11 is 0. The average molecular weight is 242 g/mol. The van der Waals surface area contributed by atoms with Crippen molar-refractivity contribution >= 4 is 5.97 Å². The lowest BCUT2D eigenvalue weighted by Crippen LogP contribution is -2.48. The predicted molar refractivity (Wildman–Crippen MR) is 68.9 cm³/mol. The summed E-state index contributed by atoms with van der Waals surface area (Å²) in [6, 6.07) is -0.198. The summed E-state index contributed by atoms with van der Waals surface area (Å²) in [4.78, 5) is 14.0.